The third-order valence-electron chi connectivity index (χ3n) is 2.31. The summed E-state index contributed by atoms with van der Waals surface area (Å²) in [6.07, 6.45) is 4.11. The Morgan fingerprint density at radius 3 is 3.30 bits per heavy atom. The molecule has 0 nitrogen and oxygen atoms in total. The second-order valence-corrected chi connectivity index (χ2v) is 4.05. The van der Waals surface area contributed by atoms with Gasteiger partial charge in [0.1, 0.15) is 0 Å². The highest BCUT2D eigenvalue weighted by molar-refractivity contribution is 7.10. The van der Waals surface area contributed by atoms with Gasteiger partial charge in [-0.05, 0) is 42.2 Å². The molecular formula is C9H12S. The molecule has 0 bridgehead atoms. The summed E-state index contributed by atoms with van der Waals surface area (Å²) in [6.45, 7) is 2.34. The van der Waals surface area contributed by atoms with Gasteiger partial charge in [0.2, 0.25) is 0 Å². The number of aryl methyl sites for hydroxylation is 1. The molecule has 10 heavy (non-hydrogen) atoms. The van der Waals surface area contributed by atoms with E-state index in [1.54, 1.807) is 10.4 Å². The molecule has 0 fully saturated rings. The summed E-state index contributed by atoms with van der Waals surface area (Å²) >= 11 is 1.93. The molecule has 1 heteroatoms. The first-order valence-corrected chi connectivity index (χ1v) is 4.82. The van der Waals surface area contributed by atoms with Crippen LogP contribution in [0.2, 0.25) is 0 Å². The Morgan fingerprint density at radius 1 is 1.60 bits per heavy atom. The molecule has 1 aromatic rings. The van der Waals surface area contributed by atoms with Gasteiger partial charge in [-0.15, -0.1) is 11.3 Å². The number of hydrogen-bond acceptors (Lipinski definition) is 1. The van der Waals surface area contributed by atoms with Crippen molar-refractivity contribution < 1.29 is 0 Å². The molecule has 0 radical (unpaired) electrons. The lowest BCUT2D eigenvalue weighted by atomic mass is 9.91. The van der Waals surface area contributed by atoms with E-state index in [4.69, 9.17) is 0 Å². The summed E-state index contributed by atoms with van der Waals surface area (Å²) in [5, 5.41) is 2.23. The zero-order valence-corrected chi connectivity index (χ0v) is 7.08. The minimum absolute atomic E-state index is 0.837. The van der Waals surface area contributed by atoms with Gasteiger partial charge in [0.05, 0.1) is 0 Å². The lowest BCUT2D eigenvalue weighted by Crippen LogP contribution is -2.02. The van der Waals surface area contributed by atoms with Gasteiger partial charge in [-0.2, -0.15) is 0 Å². The van der Waals surface area contributed by atoms with Gasteiger partial charge < -0.3 is 0 Å². The van der Waals surface area contributed by atoms with Crippen molar-refractivity contribution in [3.63, 3.8) is 0 Å². The van der Waals surface area contributed by atoms with Crippen LogP contribution in [-0.4, -0.2) is 0 Å². The first kappa shape index (κ1) is 6.41. The van der Waals surface area contributed by atoms with Crippen molar-refractivity contribution in [3.05, 3.63) is 21.9 Å². The van der Waals surface area contributed by atoms with Crippen molar-refractivity contribution in [3.8, 4) is 0 Å². The van der Waals surface area contributed by atoms with Gasteiger partial charge in [-0.25, -0.2) is 0 Å². The number of rotatable bonds is 0. The molecule has 1 aliphatic rings. The Labute approximate surface area is 65.9 Å². The highest BCUT2D eigenvalue weighted by atomic mass is 32.1. The van der Waals surface area contributed by atoms with E-state index in [0.717, 1.165) is 5.92 Å². The largest absolute Gasteiger partial charge is 0.148 e. The third-order valence-corrected chi connectivity index (χ3v) is 3.50. The molecule has 1 aromatic heterocycles. The maximum atomic E-state index is 2.34. The van der Waals surface area contributed by atoms with Crippen LogP contribution < -0.4 is 0 Å². The van der Waals surface area contributed by atoms with E-state index < -0.39 is 0 Å². The molecule has 2 rings (SSSR count). The molecule has 1 heterocycles. The fourth-order valence-corrected chi connectivity index (χ4v) is 2.77. The molecule has 0 saturated carbocycles. The Hall–Kier alpha value is -0.300. The summed E-state index contributed by atoms with van der Waals surface area (Å²) in [5.74, 6) is 0.837. The van der Waals surface area contributed by atoms with Crippen LogP contribution in [0.4, 0.5) is 0 Å². The Morgan fingerprint density at radius 2 is 2.50 bits per heavy atom. The summed E-state index contributed by atoms with van der Waals surface area (Å²) < 4.78 is 0. The fourth-order valence-electron chi connectivity index (χ4n) is 1.72. The number of fused-ring (bicyclic) bond motifs is 1. The molecule has 0 amide bonds. The average molecular weight is 152 g/mol. The molecule has 54 valence electrons. The van der Waals surface area contributed by atoms with Crippen LogP contribution in [-0.2, 0) is 6.42 Å². The first-order valence-electron chi connectivity index (χ1n) is 3.94. The van der Waals surface area contributed by atoms with E-state index >= 15 is 0 Å². The molecule has 0 N–H and O–H groups in total. The van der Waals surface area contributed by atoms with Gasteiger partial charge in [0, 0.05) is 4.88 Å². The van der Waals surface area contributed by atoms with Crippen molar-refractivity contribution in [2.24, 2.45) is 0 Å². The lowest BCUT2D eigenvalue weighted by Gasteiger charge is -2.17. The summed E-state index contributed by atoms with van der Waals surface area (Å²) in [4.78, 5) is 1.64. The molecule has 1 aliphatic carbocycles. The Bertz CT molecular complexity index is 224. The van der Waals surface area contributed by atoms with Gasteiger partial charge in [-0.1, -0.05) is 6.92 Å². The molecule has 0 aromatic carbocycles. The second kappa shape index (κ2) is 2.39. The Balaban J connectivity index is 2.41. The van der Waals surface area contributed by atoms with E-state index in [2.05, 4.69) is 18.4 Å². The first-order chi connectivity index (χ1) is 4.88. The van der Waals surface area contributed by atoms with Gasteiger partial charge >= 0.3 is 0 Å². The summed E-state index contributed by atoms with van der Waals surface area (Å²) in [5.41, 5.74) is 1.61. The monoisotopic (exact) mass is 152 g/mol. The topological polar surface area (TPSA) is 0 Å². The van der Waals surface area contributed by atoms with E-state index in [1.807, 2.05) is 11.3 Å². The molecule has 1 atom stereocenters. The minimum atomic E-state index is 0.837. The summed E-state index contributed by atoms with van der Waals surface area (Å²) in [6, 6.07) is 2.29. The normalized spacial score (nSPS) is 24.3. The maximum Gasteiger partial charge on any atom is 0.0105 e. The highest BCUT2D eigenvalue weighted by Gasteiger charge is 2.16. The Kier molecular flexibility index (Phi) is 1.53. The van der Waals surface area contributed by atoms with Crippen LogP contribution in [0.5, 0.6) is 0 Å². The fraction of sp³-hybridized carbons (Fsp3) is 0.556. The standard InChI is InChI=1S/C9H12S/c1-7-3-2-4-8-5-6-10-9(7)8/h5-7H,2-4H2,1H3/t7-/m0/s1. The van der Waals surface area contributed by atoms with E-state index in [9.17, 15) is 0 Å². The van der Waals surface area contributed by atoms with Crippen LogP contribution in [0.3, 0.4) is 0 Å². The highest BCUT2D eigenvalue weighted by Crippen LogP contribution is 2.34. The van der Waals surface area contributed by atoms with Crippen LogP contribution in [0.1, 0.15) is 36.1 Å². The van der Waals surface area contributed by atoms with Gasteiger partial charge in [-0.3, -0.25) is 0 Å². The van der Waals surface area contributed by atoms with Crippen LogP contribution in [0.15, 0.2) is 11.4 Å². The molecular weight excluding hydrogens is 140 g/mol. The van der Waals surface area contributed by atoms with Crippen LogP contribution in [0, 0.1) is 0 Å². The maximum absolute atomic E-state index is 2.34. The van der Waals surface area contributed by atoms with E-state index in [-0.39, 0.29) is 0 Å². The predicted octanol–water partition coefficient (Wildman–Crippen LogP) is 3.19. The van der Waals surface area contributed by atoms with Gasteiger partial charge in [0.25, 0.3) is 0 Å². The van der Waals surface area contributed by atoms with Crippen molar-refractivity contribution in [1.82, 2.24) is 0 Å². The SMILES string of the molecule is C[C@H]1CCCc2ccsc21. The van der Waals surface area contributed by atoms with Crippen molar-refractivity contribution >= 4 is 11.3 Å². The van der Waals surface area contributed by atoms with Crippen molar-refractivity contribution in [2.45, 2.75) is 32.1 Å². The molecule has 0 spiro atoms. The van der Waals surface area contributed by atoms with Crippen molar-refractivity contribution in [1.29, 1.82) is 0 Å². The van der Waals surface area contributed by atoms with Crippen LogP contribution >= 0.6 is 11.3 Å². The lowest BCUT2D eigenvalue weighted by molar-refractivity contribution is 0.602. The zero-order chi connectivity index (χ0) is 6.97. The number of hydrogen-bond donors (Lipinski definition) is 0. The van der Waals surface area contributed by atoms with Crippen LogP contribution in [0.25, 0.3) is 0 Å². The van der Waals surface area contributed by atoms with Crippen molar-refractivity contribution in [2.75, 3.05) is 0 Å². The number of thiophene rings is 1. The third kappa shape index (κ3) is 0.891. The molecule has 0 aliphatic heterocycles. The van der Waals surface area contributed by atoms with E-state index in [1.165, 1.54) is 19.3 Å². The minimum Gasteiger partial charge on any atom is -0.148 e. The zero-order valence-electron chi connectivity index (χ0n) is 6.26. The van der Waals surface area contributed by atoms with Gasteiger partial charge in [0.15, 0.2) is 0 Å². The smallest absolute Gasteiger partial charge is 0.0105 e. The predicted molar refractivity (Wildman–Crippen MR) is 45.7 cm³/mol. The molecule has 0 saturated heterocycles. The summed E-state index contributed by atoms with van der Waals surface area (Å²) in [7, 11) is 0. The van der Waals surface area contributed by atoms with E-state index in [0.29, 0.717) is 0 Å². The second-order valence-electron chi connectivity index (χ2n) is 3.10. The molecule has 0 unspecified atom stereocenters. The quantitative estimate of drug-likeness (QED) is 0.535. The average Bonchev–Trinajstić information content (AvgIpc) is 2.36.